The van der Waals surface area contributed by atoms with Gasteiger partial charge in [-0.3, -0.25) is 5.32 Å². The van der Waals surface area contributed by atoms with Crippen LogP contribution in [-0.4, -0.2) is 21.3 Å². The van der Waals surface area contributed by atoms with Gasteiger partial charge in [0.15, 0.2) is 5.13 Å². The van der Waals surface area contributed by atoms with Gasteiger partial charge in [-0.05, 0) is 17.7 Å². The molecule has 2 aromatic rings. The quantitative estimate of drug-likeness (QED) is 0.798. The number of carbonyl (C=O) groups is 1. The maximum atomic E-state index is 13.0. The number of anilines is 1. The molecule has 2 rings (SSSR count). The van der Waals surface area contributed by atoms with Gasteiger partial charge in [0.05, 0.1) is 4.88 Å². The predicted octanol–water partition coefficient (Wildman–Crippen LogP) is 2.45. The molecular formula is C11H9FN2O3S. The molecule has 18 heavy (non-hydrogen) atoms. The van der Waals surface area contributed by atoms with Gasteiger partial charge >= 0.3 is 6.09 Å². The second-order valence-corrected chi connectivity index (χ2v) is 4.52. The van der Waals surface area contributed by atoms with Crippen LogP contribution in [0.15, 0.2) is 30.5 Å². The van der Waals surface area contributed by atoms with Crippen molar-refractivity contribution < 1.29 is 19.4 Å². The highest BCUT2D eigenvalue weighted by molar-refractivity contribution is 7.15. The highest BCUT2D eigenvalue weighted by Crippen LogP contribution is 2.29. The number of thiazole rings is 1. The van der Waals surface area contributed by atoms with E-state index in [0.717, 1.165) is 11.3 Å². The normalized spacial score (nSPS) is 12.1. The summed E-state index contributed by atoms with van der Waals surface area (Å²) in [6.45, 7) is 0. The second-order valence-electron chi connectivity index (χ2n) is 3.46. The predicted molar refractivity (Wildman–Crippen MR) is 64.2 cm³/mol. The van der Waals surface area contributed by atoms with Gasteiger partial charge in [0, 0.05) is 6.20 Å². The first-order valence-electron chi connectivity index (χ1n) is 4.95. The number of nitrogens with zero attached hydrogens (tertiary/aromatic N) is 1. The first kappa shape index (κ1) is 12.5. The summed E-state index contributed by atoms with van der Waals surface area (Å²) in [6.07, 6.45) is -0.899. The minimum Gasteiger partial charge on any atom is -0.465 e. The van der Waals surface area contributed by atoms with E-state index in [1.807, 2.05) is 0 Å². The van der Waals surface area contributed by atoms with Crippen molar-refractivity contribution in [2.24, 2.45) is 0 Å². The summed E-state index contributed by atoms with van der Waals surface area (Å²) in [6, 6.07) is 5.57. The molecule has 0 aliphatic rings. The topological polar surface area (TPSA) is 82.5 Å². The van der Waals surface area contributed by atoms with Crippen LogP contribution in [0.1, 0.15) is 16.5 Å². The molecule has 0 aliphatic carbocycles. The lowest BCUT2D eigenvalue weighted by Crippen LogP contribution is -2.06. The van der Waals surface area contributed by atoms with Crippen LogP contribution in [0.2, 0.25) is 0 Å². The van der Waals surface area contributed by atoms with E-state index in [9.17, 15) is 14.3 Å². The molecule has 0 fully saturated rings. The van der Waals surface area contributed by atoms with Crippen molar-refractivity contribution in [1.29, 1.82) is 0 Å². The summed E-state index contributed by atoms with van der Waals surface area (Å²) in [7, 11) is 0. The Morgan fingerprint density at radius 2 is 2.28 bits per heavy atom. The molecule has 94 valence electrons. The van der Waals surface area contributed by atoms with Crippen molar-refractivity contribution in [3.8, 4) is 0 Å². The third-order valence-corrected chi connectivity index (χ3v) is 3.14. The Balaban J connectivity index is 2.21. The fraction of sp³-hybridized carbons (Fsp3) is 0.0909. The van der Waals surface area contributed by atoms with Crippen molar-refractivity contribution in [1.82, 2.24) is 4.98 Å². The van der Waals surface area contributed by atoms with Gasteiger partial charge in [0.25, 0.3) is 0 Å². The van der Waals surface area contributed by atoms with Crippen LogP contribution in [0.5, 0.6) is 0 Å². The molecule has 0 radical (unpaired) electrons. The average Bonchev–Trinajstić information content (AvgIpc) is 2.75. The number of carboxylic acid groups (broad SMARTS) is 1. The molecule has 0 spiro atoms. The van der Waals surface area contributed by atoms with Crippen molar-refractivity contribution in [3.63, 3.8) is 0 Å². The summed E-state index contributed by atoms with van der Waals surface area (Å²) in [5.41, 5.74) is 0.389. The first-order valence-corrected chi connectivity index (χ1v) is 5.77. The zero-order valence-corrected chi connectivity index (χ0v) is 9.82. The zero-order chi connectivity index (χ0) is 13.1. The van der Waals surface area contributed by atoms with Gasteiger partial charge < -0.3 is 10.2 Å². The number of halogens is 1. The van der Waals surface area contributed by atoms with E-state index in [4.69, 9.17) is 5.11 Å². The van der Waals surface area contributed by atoms with Gasteiger partial charge in [-0.1, -0.05) is 23.5 Å². The minimum atomic E-state index is -1.23. The molecule has 0 saturated carbocycles. The number of hydrogen-bond donors (Lipinski definition) is 3. The van der Waals surface area contributed by atoms with Crippen LogP contribution in [-0.2, 0) is 0 Å². The fourth-order valence-electron chi connectivity index (χ4n) is 1.40. The molecule has 1 heterocycles. The monoisotopic (exact) mass is 268 g/mol. The highest BCUT2D eigenvalue weighted by Gasteiger charge is 2.15. The Morgan fingerprint density at radius 3 is 2.94 bits per heavy atom. The second kappa shape index (κ2) is 5.11. The van der Waals surface area contributed by atoms with E-state index in [1.54, 1.807) is 6.07 Å². The standard InChI is InChI=1S/C11H9FN2O3S/c12-7-3-1-2-6(4-7)9(15)8-5-13-10(18-8)14-11(16)17/h1-5,9,15H,(H,13,14)(H,16,17). The lowest BCUT2D eigenvalue weighted by molar-refractivity contribution is 0.209. The molecule has 1 aromatic heterocycles. The van der Waals surface area contributed by atoms with E-state index in [0.29, 0.717) is 10.4 Å². The maximum Gasteiger partial charge on any atom is 0.410 e. The molecular weight excluding hydrogens is 259 g/mol. The number of aliphatic hydroxyl groups is 1. The van der Waals surface area contributed by atoms with Gasteiger partial charge in [-0.15, -0.1) is 0 Å². The molecule has 1 amide bonds. The maximum absolute atomic E-state index is 13.0. The first-order chi connectivity index (χ1) is 8.56. The molecule has 1 unspecified atom stereocenters. The highest BCUT2D eigenvalue weighted by atomic mass is 32.1. The van der Waals surface area contributed by atoms with Crippen LogP contribution in [0.4, 0.5) is 14.3 Å². The lowest BCUT2D eigenvalue weighted by atomic mass is 10.1. The fourth-order valence-corrected chi connectivity index (χ4v) is 2.22. The summed E-state index contributed by atoms with van der Waals surface area (Å²) in [4.78, 5) is 14.6. The molecule has 5 nitrogen and oxygen atoms in total. The minimum absolute atomic E-state index is 0.160. The van der Waals surface area contributed by atoms with Gasteiger partial charge in [-0.2, -0.15) is 0 Å². The van der Waals surface area contributed by atoms with Crippen LogP contribution >= 0.6 is 11.3 Å². The molecule has 0 aliphatic heterocycles. The van der Waals surface area contributed by atoms with Crippen LogP contribution in [0.25, 0.3) is 0 Å². The Kier molecular flexibility index (Phi) is 3.54. The average molecular weight is 268 g/mol. The Labute approximate surface area is 106 Å². The number of aromatic nitrogens is 1. The van der Waals surface area contributed by atoms with E-state index in [1.165, 1.54) is 24.4 Å². The molecule has 0 saturated heterocycles. The number of rotatable bonds is 3. The zero-order valence-electron chi connectivity index (χ0n) is 9.00. The van der Waals surface area contributed by atoms with Crippen LogP contribution in [0.3, 0.4) is 0 Å². The number of aliphatic hydroxyl groups excluding tert-OH is 1. The van der Waals surface area contributed by atoms with E-state index >= 15 is 0 Å². The van der Waals surface area contributed by atoms with Crippen LogP contribution < -0.4 is 5.32 Å². The lowest BCUT2D eigenvalue weighted by Gasteiger charge is -2.07. The SMILES string of the molecule is O=C(O)Nc1ncc(C(O)c2cccc(F)c2)s1. The van der Waals surface area contributed by atoms with Crippen molar-refractivity contribution in [3.05, 3.63) is 46.7 Å². The van der Waals surface area contributed by atoms with Gasteiger partial charge in [0.1, 0.15) is 11.9 Å². The molecule has 3 N–H and O–H groups in total. The van der Waals surface area contributed by atoms with Crippen molar-refractivity contribution in [2.75, 3.05) is 5.32 Å². The van der Waals surface area contributed by atoms with Crippen molar-refractivity contribution >= 4 is 22.6 Å². The number of benzene rings is 1. The third-order valence-electron chi connectivity index (χ3n) is 2.17. The smallest absolute Gasteiger partial charge is 0.410 e. The third kappa shape index (κ3) is 2.82. The number of nitrogens with one attached hydrogen (secondary N) is 1. The van der Waals surface area contributed by atoms with Crippen molar-refractivity contribution in [2.45, 2.75) is 6.10 Å². The Morgan fingerprint density at radius 1 is 1.50 bits per heavy atom. The summed E-state index contributed by atoms with van der Waals surface area (Å²) in [5.74, 6) is -0.444. The summed E-state index contributed by atoms with van der Waals surface area (Å²) < 4.78 is 13.0. The van der Waals surface area contributed by atoms with Gasteiger partial charge in [-0.25, -0.2) is 14.2 Å². The number of hydrogen-bond acceptors (Lipinski definition) is 4. The number of amides is 1. The molecule has 0 bridgehead atoms. The molecule has 7 heteroatoms. The van der Waals surface area contributed by atoms with Gasteiger partial charge in [0.2, 0.25) is 0 Å². The van der Waals surface area contributed by atoms with E-state index in [2.05, 4.69) is 10.3 Å². The van der Waals surface area contributed by atoms with E-state index in [-0.39, 0.29) is 5.13 Å². The van der Waals surface area contributed by atoms with E-state index < -0.39 is 18.0 Å². The summed E-state index contributed by atoms with van der Waals surface area (Å²) in [5, 5.41) is 20.7. The molecule has 1 aromatic carbocycles. The Bertz CT molecular complexity index is 573. The van der Waals surface area contributed by atoms with Crippen LogP contribution in [0, 0.1) is 5.82 Å². The largest absolute Gasteiger partial charge is 0.465 e. The summed E-state index contributed by atoms with van der Waals surface area (Å²) >= 11 is 0.994. The Hall–Kier alpha value is -1.99. The molecule has 1 atom stereocenters.